The molecule has 2 aromatic carbocycles. The Morgan fingerprint density at radius 1 is 0.875 bits per heavy atom. The molecule has 0 aliphatic heterocycles. The lowest BCUT2D eigenvalue weighted by Gasteiger charge is -2.14. The minimum absolute atomic E-state index is 0.0643. The van der Waals surface area contributed by atoms with E-state index < -0.39 is 12.1 Å². The minimum Gasteiger partial charge on any atom is -0.457 e. The molecule has 0 heterocycles. The molecule has 3 unspecified atom stereocenters. The number of allylic oxidation sites excluding steroid dienone is 2. The Morgan fingerprint density at radius 2 is 1.48 bits per heavy atom. The largest absolute Gasteiger partial charge is 0.457 e. The van der Waals surface area contributed by atoms with Crippen molar-refractivity contribution in [2.75, 3.05) is 0 Å². The number of benzene rings is 2. The quantitative estimate of drug-likeness (QED) is 0.202. The van der Waals surface area contributed by atoms with Gasteiger partial charge < -0.3 is 14.2 Å². The van der Waals surface area contributed by atoms with Gasteiger partial charge in [0.1, 0.15) is 17.6 Å². The van der Waals surface area contributed by atoms with E-state index in [1.54, 1.807) is 24.3 Å². The predicted molar refractivity (Wildman–Crippen MR) is 150 cm³/mol. The van der Waals surface area contributed by atoms with Gasteiger partial charge in [-0.15, -0.1) is 5.26 Å². The highest BCUT2D eigenvalue weighted by Gasteiger charge is 2.69. The molecule has 0 radical (unpaired) electrons. The van der Waals surface area contributed by atoms with E-state index in [2.05, 4.69) is 44.6 Å². The van der Waals surface area contributed by atoms with Crippen LogP contribution in [0.25, 0.3) is 0 Å². The standard InChI is InChI=1S/C22H23NO3.C11H15NO2/c1-21(2)19(22(21,3)4)20(24)26-18(14-23)15-9-8-12-17(13-15)25-16-10-6-5-7-11-16;1-7(2)5-8-9(11(8,3)4)10(13)14-6-12/h5-13,18-19H,1-4H3;5,8-9H,1-4H3. The summed E-state index contributed by atoms with van der Waals surface area (Å²) in [6.45, 7) is 16.2. The van der Waals surface area contributed by atoms with Crippen molar-refractivity contribution in [1.29, 1.82) is 10.5 Å². The van der Waals surface area contributed by atoms with E-state index in [9.17, 15) is 14.9 Å². The Labute approximate surface area is 237 Å². The van der Waals surface area contributed by atoms with E-state index in [1.165, 1.54) is 11.8 Å². The Balaban J connectivity index is 0.000000267. The normalized spacial score (nSPS) is 21.6. The fourth-order valence-corrected chi connectivity index (χ4v) is 5.41. The highest BCUT2D eigenvalue weighted by molar-refractivity contribution is 5.79. The summed E-state index contributed by atoms with van der Waals surface area (Å²) in [5, 5.41) is 17.7. The zero-order valence-electron chi connectivity index (χ0n) is 24.5. The monoisotopic (exact) mass is 542 g/mol. The predicted octanol–water partition coefficient (Wildman–Crippen LogP) is 7.52. The molecule has 7 heteroatoms. The molecule has 4 rings (SSSR count). The molecule has 0 bridgehead atoms. The van der Waals surface area contributed by atoms with E-state index in [0.29, 0.717) is 17.1 Å². The fourth-order valence-electron chi connectivity index (χ4n) is 5.41. The van der Waals surface area contributed by atoms with Crippen LogP contribution in [0.1, 0.15) is 67.1 Å². The van der Waals surface area contributed by atoms with Gasteiger partial charge in [0, 0.05) is 5.56 Å². The number of rotatable bonds is 7. The molecule has 2 aliphatic carbocycles. The van der Waals surface area contributed by atoms with Crippen LogP contribution in [0.4, 0.5) is 0 Å². The summed E-state index contributed by atoms with van der Waals surface area (Å²) < 4.78 is 15.7. The number of para-hydroxylation sites is 1. The zero-order valence-corrected chi connectivity index (χ0v) is 24.5. The summed E-state index contributed by atoms with van der Waals surface area (Å²) in [7, 11) is 0. The van der Waals surface area contributed by atoms with E-state index in [0.717, 1.165) is 0 Å². The third-order valence-electron chi connectivity index (χ3n) is 8.57. The maximum absolute atomic E-state index is 12.6. The van der Waals surface area contributed by atoms with Crippen LogP contribution in [0.3, 0.4) is 0 Å². The van der Waals surface area contributed by atoms with Gasteiger partial charge in [-0.05, 0) is 60.3 Å². The van der Waals surface area contributed by atoms with Gasteiger partial charge in [-0.1, -0.05) is 83.5 Å². The minimum atomic E-state index is -0.950. The lowest BCUT2D eigenvalue weighted by Crippen LogP contribution is -2.15. The third-order valence-corrected chi connectivity index (χ3v) is 8.57. The second kappa shape index (κ2) is 11.6. The Kier molecular flexibility index (Phi) is 8.80. The number of esters is 2. The lowest BCUT2D eigenvalue weighted by atomic mass is 10.0. The topological polar surface area (TPSA) is 109 Å². The van der Waals surface area contributed by atoms with Crippen molar-refractivity contribution in [2.45, 2.75) is 61.5 Å². The average Bonchev–Trinajstić information content (AvgIpc) is 3.58. The first-order chi connectivity index (χ1) is 18.7. The maximum atomic E-state index is 12.6. The van der Waals surface area contributed by atoms with Crippen molar-refractivity contribution in [1.82, 2.24) is 0 Å². The van der Waals surface area contributed by atoms with Gasteiger partial charge >= 0.3 is 11.9 Å². The summed E-state index contributed by atoms with van der Waals surface area (Å²) in [5.74, 6) is 0.439. The molecule has 2 aliphatic rings. The molecule has 40 heavy (non-hydrogen) atoms. The molecule has 3 atom stereocenters. The highest BCUT2D eigenvalue weighted by atomic mass is 16.5. The number of nitriles is 2. The summed E-state index contributed by atoms with van der Waals surface area (Å²) in [5.41, 5.74) is 1.48. The van der Waals surface area contributed by atoms with Crippen LogP contribution in [-0.2, 0) is 19.1 Å². The van der Waals surface area contributed by atoms with Crippen LogP contribution in [0.2, 0.25) is 0 Å². The molecule has 0 spiro atoms. The van der Waals surface area contributed by atoms with Crippen LogP contribution >= 0.6 is 0 Å². The SMILES string of the molecule is CC(C)=CC1C(C(=O)OC#N)C1(C)C.CC1(C)C(C(=O)OC(C#N)c2cccc(Oc3ccccc3)c2)C1(C)C. The number of hydrogen-bond donors (Lipinski definition) is 0. The van der Waals surface area contributed by atoms with E-state index in [-0.39, 0.29) is 40.0 Å². The van der Waals surface area contributed by atoms with Crippen molar-refractivity contribution >= 4 is 11.9 Å². The molecule has 210 valence electrons. The molecule has 7 nitrogen and oxygen atoms in total. The van der Waals surface area contributed by atoms with Gasteiger partial charge in [-0.25, -0.2) is 0 Å². The average molecular weight is 543 g/mol. The van der Waals surface area contributed by atoms with Gasteiger partial charge in [0.2, 0.25) is 6.10 Å². The van der Waals surface area contributed by atoms with E-state index in [1.807, 2.05) is 58.0 Å². The number of nitrogens with zero attached hydrogens (tertiary/aromatic N) is 2. The summed E-state index contributed by atoms with van der Waals surface area (Å²) in [6, 6.07) is 18.6. The Bertz CT molecular complexity index is 1340. The van der Waals surface area contributed by atoms with Crippen LogP contribution < -0.4 is 4.74 Å². The van der Waals surface area contributed by atoms with Crippen molar-refractivity contribution in [2.24, 2.45) is 34.0 Å². The lowest BCUT2D eigenvalue weighted by molar-refractivity contribution is -0.150. The molecule has 0 aromatic heterocycles. The summed E-state index contributed by atoms with van der Waals surface area (Å²) in [4.78, 5) is 23.9. The van der Waals surface area contributed by atoms with Gasteiger partial charge in [0.15, 0.2) is 0 Å². The first-order valence-corrected chi connectivity index (χ1v) is 13.4. The summed E-state index contributed by atoms with van der Waals surface area (Å²) in [6.07, 6.45) is 2.55. The number of ether oxygens (including phenoxy) is 3. The summed E-state index contributed by atoms with van der Waals surface area (Å²) >= 11 is 0. The second-order valence-electron chi connectivity index (χ2n) is 12.4. The fraction of sp³-hybridized carbons (Fsp3) is 0.455. The molecule has 2 saturated carbocycles. The van der Waals surface area contributed by atoms with Crippen LogP contribution in [0, 0.1) is 56.8 Å². The zero-order chi connectivity index (χ0) is 29.9. The van der Waals surface area contributed by atoms with Gasteiger partial charge in [-0.2, -0.15) is 5.26 Å². The van der Waals surface area contributed by atoms with Gasteiger partial charge in [0.25, 0.3) is 6.26 Å². The molecule has 0 amide bonds. The third kappa shape index (κ3) is 6.37. The smallest absolute Gasteiger partial charge is 0.325 e. The highest BCUT2D eigenvalue weighted by Crippen LogP contribution is 2.68. The van der Waals surface area contributed by atoms with Gasteiger partial charge in [0.05, 0.1) is 11.8 Å². The van der Waals surface area contributed by atoms with Gasteiger partial charge in [-0.3, -0.25) is 9.59 Å². The van der Waals surface area contributed by atoms with E-state index in [4.69, 9.17) is 14.7 Å². The Morgan fingerprint density at radius 3 is 2.00 bits per heavy atom. The molecular weight excluding hydrogens is 504 g/mol. The first-order valence-electron chi connectivity index (χ1n) is 13.4. The molecule has 2 aromatic rings. The van der Waals surface area contributed by atoms with Crippen molar-refractivity contribution in [3.63, 3.8) is 0 Å². The Hall–Kier alpha value is -4.10. The molecular formula is C33H38N2O5. The molecule has 0 saturated heterocycles. The van der Waals surface area contributed by atoms with Crippen molar-refractivity contribution in [3.8, 4) is 23.8 Å². The maximum Gasteiger partial charge on any atom is 0.325 e. The van der Waals surface area contributed by atoms with Crippen LogP contribution in [0.15, 0.2) is 66.2 Å². The first kappa shape index (κ1) is 30.4. The number of hydrogen-bond acceptors (Lipinski definition) is 7. The number of carbonyl (C=O) groups is 2. The molecule has 2 fully saturated rings. The van der Waals surface area contributed by atoms with E-state index >= 15 is 0 Å². The second-order valence-corrected chi connectivity index (χ2v) is 12.4. The molecule has 0 N–H and O–H groups in total. The number of carbonyl (C=O) groups excluding carboxylic acids is 2. The van der Waals surface area contributed by atoms with Crippen LogP contribution in [0.5, 0.6) is 11.5 Å². The van der Waals surface area contributed by atoms with Crippen LogP contribution in [-0.4, -0.2) is 11.9 Å². The van der Waals surface area contributed by atoms with Crippen molar-refractivity contribution in [3.05, 3.63) is 71.8 Å². The van der Waals surface area contributed by atoms with Crippen molar-refractivity contribution < 1.29 is 23.8 Å².